The maximum Gasteiger partial charge on any atom is 0.230 e. The van der Waals surface area contributed by atoms with Crippen molar-refractivity contribution in [1.82, 2.24) is 15.3 Å². The molecule has 0 saturated carbocycles. The van der Waals surface area contributed by atoms with Gasteiger partial charge in [0, 0.05) is 17.8 Å². The number of fused-ring (bicyclic) bond motifs is 3. The number of ether oxygens (including phenoxy) is 1. The molecule has 1 aliphatic carbocycles. The summed E-state index contributed by atoms with van der Waals surface area (Å²) in [5.41, 5.74) is 7.52. The first-order valence-corrected chi connectivity index (χ1v) is 11.4. The maximum absolute atomic E-state index is 12.1. The lowest BCUT2D eigenvalue weighted by Gasteiger charge is -2.23. The molecule has 4 N–H and O–H groups in total. The Labute approximate surface area is 167 Å². The Bertz CT molecular complexity index is 820. The highest BCUT2D eigenvalue weighted by Crippen LogP contribution is 2.39. The second-order valence-electron chi connectivity index (χ2n) is 7.03. The molecule has 2 aromatic rings. The van der Waals surface area contributed by atoms with Crippen LogP contribution in [0.1, 0.15) is 23.3 Å². The lowest BCUT2D eigenvalue weighted by molar-refractivity contribution is -0.908. The molecule has 3 heterocycles. The van der Waals surface area contributed by atoms with Gasteiger partial charge in [0.2, 0.25) is 5.91 Å². The molecule has 0 atom stereocenters. The fourth-order valence-electron chi connectivity index (χ4n) is 3.73. The minimum atomic E-state index is 0.0212. The van der Waals surface area contributed by atoms with Gasteiger partial charge in [-0.15, -0.1) is 11.3 Å². The molecule has 2 aliphatic rings. The van der Waals surface area contributed by atoms with Crippen molar-refractivity contribution in [3.8, 4) is 0 Å². The molecule has 0 aromatic carbocycles. The third-order valence-corrected chi connectivity index (χ3v) is 7.17. The number of hydrogen-bond acceptors (Lipinski definition) is 7. The third-order valence-electron chi connectivity index (χ3n) is 5.13. The first kappa shape index (κ1) is 18.9. The molecule has 9 heteroatoms. The van der Waals surface area contributed by atoms with Crippen molar-refractivity contribution >= 4 is 45.0 Å². The first-order chi connectivity index (χ1) is 13.2. The molecule has 0 radical (unpaired) electrons. The number of quaternary nitrogens is 1. The summed E-state index contributed by atoms with van der Waals surface area (Å²) in [6, 6.07) is 0. The minimum absolute atomic E-state index is 0.0212. The number of carbonyl (C=O) groups excluding carboxylic acids is 1. The molecule has 1 saturated heterocycles. The number of hydrogen-bond donors (Lipinski definition) is 3. The van der Waals surface area contributed by atoms with Crippen molar-refractivity contribution < 1.29 is 14.4 Å². The van der Waals surface area contributed by atoms with Gasteiger partial charge in [-0.05, 0) is 24.8 Å². The van der Waals surface area contributed by atoms with E-state index >= 15 is 0 Å². The van der Waals surface area contributed by atoms with Gasteiger partial charge in [-0.25, -0.2) is 9.97 Å². The van der Waals surface area contributed by atoms with Gasteiger partial charge in [-0.2, -0.15) is 0 Å². The van der Waals surface area contributed by atoms with E-state index in [0.717, 1.165) is 62.3 Å². The molecular formula is C18H26N5O2S2+. The average molecular weight is 409 g/mol. The van der Waals surface area contributed by atoms with Gasteiger partial charge in [0.05, 0.1) is 30.9 Å². The summed E-state index contributed by atoms with van der Waals surface area (Å²) < 4.78 is 5.36. The Kier molecular flexibility index (Phi) is 6.11. The fraction of sp³-hybridized carbons (Fsp3) is 0.611. The maximum atomic E-state index is 12.1. The van der Waals surface area contributed by atoms with Crippen LogP contribution in [0, 0.1) is 0 Å². The largest absolute Gasteiger partial charge is 0.383 e. The summed E-state index contributed by atoms with van der Waals surface area (Å²) >= 11 is 3.08. The van der Waals surface area contributed by atoms with E-state index in [-0.39, 0.29) is 5.91 Å². The molecule has 27 heavy (non-hydrogen) atoms. The van der Waals surface area contributed by atoms with Crippen molar-refractivity contribution in [2.24, 2.45) is 0 Å². The van der Waals surface area contributed by atoms with Crippen molar-refractivity contribution in [2.75, 3.05) is 50.9 Å². The Hall–Kier alpha value is -1.42. The Morgan fingerprint density at radius 2 is 2.15 bits per heavy atom. The number of thiophene rings is 1. The predicted molar refractivity (Wildman–Crippen MR) is 109 cm³/mol. The van der Waals surface area contributed by atoms with Crippen LogP contribution >= 0.6 is 23.1 Å². The second kappa shape index (κ2) is 8.72. The summed E-state index contributed by atoms with van der Waals surface area (Å²) in [4.78, 5) is 25.1. The summed E-state index contributed by atoms with van der Waals surface area (Å²) in [6.07, 6.45) is 4.37. The number of nitrogens with one attached hydrogen (secondary N) is 2. The molecule has 0 unspecified atom stereocenters. The molecule has 0 spiro atoms. The van der Waals surface area contributed by atoms with Gasteiger partial charge in [0.15, 0.2) is 5.16 Å². The normalized spacial score (nSPS) is 17.3. The number of aromatic nitrogens is 2. The number of carbonyl (C=O) groups is 1. The highest BCUT2D eigenvalue weighted by Gasteiger charge is 2.21. The number of nitrogen functional groups attached to an aromatic ring is 1. The smallest absolute Gasteiger partial charge is 0.230 e. The van der Waals surface area contributed by atoms with Crippen LogP contribution in [-0.4, -0.2) is 61.0 Å². The van der Waals surface area contributed by atoms with Crippen LogP contribution in [0.25, 0.3) is 10.2 Å². The molecule has 0 bridgehead atoms. The van der Waals surface area contributed by atoms with E-state index < -0.39 is 0 Å². The zero-order valence-corrected chi connectivity index (χ0v) is 17.0. The molecule has 2 aromatic heterocycles. The molecule has 1 amide bonds. The van der Waals surface area contributed by atoms with E-state index in [9.17, 15) is 4.79 Å². The van der Waals surface area contributed by atoms with Crippen LogP contribution in [0.4, 0.5) is 5.82 Å². The van der Waals surface area contributed by atoms with Gasteiger partial charge in [-0.1, -0.05) is 11.8 Å². The minimum Gasteiger partial charge on any atom is -0.383 e. The van der Waals surface area contributed by atoms with E-state index in [0.29, 0.717) is 23.3 Å². The van der Waals surface area contributed by atoms with Gasteiger partial charge in [-0.3, -0.25) is 4.79 Å². The number of rotatable bonds is 7. The van der Waals surface area contributed by atoms with Crippen LogP contribution in [0.15, 0.2) is 5.16 Å². The topological polar surface area (TPSA) is 94.6 Å². The second-order valence-corrected chi connectivity index (χ2v) is 9.06. The van der Waals surface area contributed by atoms with Crippen LogP contribution in [0.5, 0.6) is 0 Å². The first-order valence-electron chi connectivity index (χ1n) is 9.59. The number of nitrogens with two attached hydrogens (primary N) is 1. The van der Waals surface area contributed by atoms with E-state index in [2.05, 4.69) is 15.3 Å². The third kappa shape index (κ3) is 4.53. The summed E-state index contributed by atoms with van der Waals surface area (Å²) in [6.45, 7) is 5.62. The lowest BCUT2D eigenvalue weighted by Crippen LogP contribution is -3.14. The monoisotopic (exact) mass is 408 g/mol. The highest BCUT2D eigenvalue weighted by atomic mass is 32.2. The van der Waals surface area contributed by atoms with Crippen molar-refractivity contribution in [1.29, 1.82) is 0 Å². The molecule has 146 valence electrons. The average Bonchev–Trinajstić information content (AvgIpc) is 3.25. The molecule has 4 rings (SSSR count). The zero-order valence-electron chi connectivity index (χ0n) is 15.4. The van der Waals surface area contributed by atoms with Gasteiger partial charge in [0.1, 0.15) is 23.7 Å². The molecule has 1 fully saturated rings. The van der Waals surface area contributed by atoms with E-state index in [1.54, 1.807) is 16.2 Å². The lowest BCUT2D eigenvalue weighted by atomic mass is 10.2. The number of thioether (sulfide) groups is 1. The summed E-state index contributed by atoms with van der Waals surface area (Å²) in [7, 11) is 0. The fourth-order valence-corrected chi connectivity index (χ4v) is 5.73. The van der Waals surface area contributed by atoms with Crippen molar-refractivity contribution in [3.63, 3.8) is 0 Å². The summed E-state index contributed by atoms with van der Waals surface area (Å²) in [5.74, 6) is 0.893. The van der Waals surface area contributed by atoms with Crippen LogP contribution in [0.3, 0.4) is 0 Å². The van der Waals surface area contributed by atoms with Gasteiger partial charge >= 0.3 is 0 Å². The van der Waals surface area contributed by atoms with E-state index in [4.69, 9.17) is 10.5 Å². The number of anilines is 1. The van der Waals surface area contributed by atoms with Crippen LogP contribution in [-0.2, 0) is 22.4 Å². The van der Waals surface area contributed by atoms with Gasteiger partial charge < -0.3 is 20.7 Å². The predicted octanol–water partition coefficient (Wildman–Crippen LogP) is 0.276. The number of morpholine rings is 1. The standard InChI is InChI=1S/C18H25N5O2S2/c19-16-15-12-3-1-4-13(12)27-17(15)22-18(21-16)26-11-14(24)20-5-2-6-23-7-9-25-10-8-23/h1-11H2,(H,20,24)(H2,19,21,22)/p+1. The zero-order chi connectivity index (χ0) is 18.6. The summed E-state index contributed by atoms with van der Waals surface area (Å²) in [5, 5.41) is 4.61. The quantitative estimate of drug-likeness (QED) is 0.346. The van der Waals surface area contributed by atoms with E-state index in [1.165, 1.54) is 28.6 Å². The molecule has 7 nitrogen and oxygen atoms in total. The van der Waals surface area contributed by atoms with Crippen molar-refractivity contribution in [2.45, 2.75) is 30.8 Å². The Morgan fingerprint density at radius 1 is 1.30 bits per heavy atom. The number of aryl methyl sites for hydroxylation is 2. The van der Waals surface area contributed by atoms with Crippen LogP contribution in [0.2, 0.25) is 0 Å². The van der Waals surface area contributed by atoms with Gasteiger partial charge in [0.25, 0.3) is 0 Å². The molecule has 1 aliphatic heterocycles. The van der Waals surface area contributed by atoms with Crippen LogP contribution < -0.4 is 16.0 Å². The van der Waals surface area contributed by atoms with E-state index in [1.807, 2.05) is 0 Å². The number of amides is 1. The SMILES string of the molecule is Nc1nc(SCC(=O)NCCC[NH+]2CCOCC2)nc2sc3c(c12)CCC3. The molecular weight excluding hydrogens is 382 g/mol. The van der Waals surface area contributed by atoms with Crippen molar-refractivity contribution in [3.05, 3.63) is 10.4 Å². The highest BCUT2D eigenvalue weighted by molar-refractivity contribution is 7.99. The number of nitrogens with zero attached hydrogens (tertiary/aromatic N) is 2. The Balaban J connectivity index is 1.24. The Morgan fingerprint density at radius 3 is 3.00 bits per heavy atom.